The number of hydrogen-bond donors (Lipinski definition) is 1. The highest BCUT2D eigenvalue weighted by molar-refractivity contribution is 6.54. The molecular formula is C19H18Cl4O4. The Hall–Kier alpha value is -0.680. The van der Waals surface area contributed by atoms with E-state index in [4.69, 9.17) is 51.1 Å². The van der Waals surface area contributed by atoms with Crippen molar-refractivity contribution in [3.63, 3.8) is 0 Å². The summed E-state index contributed by atoms with van der Waals surface area (Å²) in [6.45, 7) is 0.266. The molecule has 1 aromatic rings. The third kappa shape index (κ3) is 3.33. The Kier molecular flexibility index (Phi) is 5.07. The van der Waals surface area contributed by atoms with Gasteiger partial charge < -0.3 is 9.84 Å². The summed E-state index contributed by atoms with van der Waals surface area (Å²) in [5.74, 6) is -0.0940. The van der Waals surface area contributed by atoms with E-state index in [0.29, 0.717) is 17.8 Å². The van der Waals surface area contributed by atoms with Crippen LogP contribution in [-0.4, -0.2) is 23.7 Å². The number of benzene rings is 1. The standard InChI is InChI=1S/C19H18Cl4O4/c20-13-11(17(24)25)12(14(21)16(23)15(13)22)18(26)27-7-19-4-8-1-9(5-19)3-10(2-8)6-19/h8-10H,1-7H2,(H,24,25). The van der Waals surface area contributed by atoms with Crippen molar-refractivity contribution < 1.29 is 19.4 Å². The van der Waals surface area contributed by atoms with Crippen molar-refractivity contribution in [3.05, 3.63) is 31.2 Å². The number of aromatic carboxylic acids is 1. The van der Waals surface area contributed by atoms with Gasteiger partial charge in [0.25, 0.3) is 0 Å². The fourth-order valence-corrected chi connectivity index (χ4v) is 6.79. The molecule has 0 aliphatic heterocycles. The topological polar surface area (TPSA) is 63.6 Å². The quantitative estimate of drug-likeness (QED) is 0.328. The Morgan fingerprint density at radius 1 is 0.852 bits per heavy atom. The van der Waals surface area contributed by atoms with E-state index in [-0.39, 0.29) is 37.7 Å². The van der Waals surface area contributed by atoms with E-state index >= 15 is 0 Å². The van der Waals surface area contributed by atoms with Gasteiger partial charge >= 0.3 is 11.9 Å². The lowest BCUT2D eigenvalue weighted by Crippen LogP contribution is -2.48. The van der Waals surface area contributed by atoms with Crippen molar-refractivity contribution in [2.75, 3.05) is 6.61 Å². The molecule has 4 bridgehead atoms. The number of carbonyl (C=O) groups excluding carboxylic acids is 1. The van der Waals surface area contributed by atoms with E-state index in [9.17, 15) is 14.7 Å². The van der Waals surface area contributed by atoms with Crippen LogP contribution in [0.3, 0.4) is 0 Å². The van der Waals surface area contributed by atoms with Crippen molar-refractivity contribution in [2.45, 2.75) is 38.5 Å². The molecule has 0 radical (unpaired) electrons. The second-order valence-electron chi connectivity index (χ2n) is 8.30. The number of ether oxygens (including phenoxy) is 1. The maximum atomic E-state index is 12.8. The Labute approximate surface area is 177 Å². The smallest absolute Gasteiger partial charge is 0.340 e. The van der Waals surface area contributed by atoms with Crippen molar-refractivity contribution in [3.8, 4) is 0 Å². The number of carbonyl (C=O) groups is 2. The Bertz CT molecular complexity index is 800. The number of carboxylic acid groups (broad SMARTS) is 1. The SMILES string of the molecule is O=C(O)c1c(Cl)c(Cl)c(Cl)c(Cl)c1C(=O)OCC12CC3CC(CC(C3)C1)C2. The van der Waals surface area contributed by atoms with Gasteiger partial charge in [-0.05, 0) is 56.3 Å². The largest absolute Gasteiger partial charge is 0.478 e. The van der Waals surface area contributed by atoms with Gasteiger partial charge in [-0.2, -0.15) is 0 Å². The maximum absolute atomic E-state index is 12.8. The van der Waals surface area contributed by atoms with E-state index in [1.807, 2.05) is 0 Å². The van der Waals surface area contributed by atoms with Crippen molar-refractivity contribution in [1.29, 1.82) is 0 Å². The molecule has 8 heteroatoms. The molecule has 0 heterocycles. The molecule has 4 aliphatic carbocycles. The first-order valence-electron chi connectivity index (χ1n) is 8.97. The third-order valence-corrected chi connectivity index (χ3v) is 8.16. The zero-order valence-corrected chi connectivity index (χ0v) is 17.4. The summed E-state index contributed by atoms with van der Waals surface area (Å²) >= 11 is 24.1. The highest BCUT2D eigenvalue weighted by Gasteiger charge is 2.51. The van der Waals surface area contributed by atoms with Crippen LogP contribution in [0.15, 0.2) is 0 Å². The van der Waals surface area contributed by atoms with E-state index in [2.05, 4.69) is 0 Å². The molecule has 0 unspecified atom stereocenters. The Balaban J connectivity index is 1.60. The van der Waals surface area contributed by atoms with Crippen LogP contribution >= 0.6 is 46.4 Å². The van der Waals surface area contributed by atoms with E-state index in [1.54, 1.807) is 0 Å². The Morgan fingerprint density at radius 2 is 1.30 bits per heavy atom. The van der Waals surface area contributed by atoms with Gasteiger partial charge in [0.1, 0.15) is 0 Å². The summed E-state index contributed by atoms with van der Waals surface area (Å²) in [5, 5.41) is 8.56. The van der Waals surface area contributed by atoms with Gasteiger partial charge in [0.05, 0.1) is 37.8 Å². The fourth-order valence-electron chi connectivity index (χ4n) is 5.78. The van der Waals surface area contributed by atoms with Crippen molar-refractivity contribution >= 4 is 58.3 Å². The Morgan fingerprint density at radius 3 is 1.74 bits per heavy atom. The maximum Gasteiger partial charge on any atom is 0.340 e. The second-order valence-corrected chi connectivity index (χ2v) is 9.82. The average Bonchev–Trinajstić information content (AvgIpc) is 2.59. The molecule has 0 amide bonds. The summed E-state index contributed by atoms with van der Waals surface area (Å²) in [4.78, 5) is 24.4. The van der Waals surface area contributed by atoms with Crippen LogP contribution in [0.4, 0.5) is 0 Å². The van der Waals surface area contributed by atoms with Gasteiger partial charge in [0.2, 0.25) is 0 Å². The molecule has 0 saturated heterocycles. The summed E-state index contributed by atoms with van der Waals surface area (Å²) in [6, 6.07) is 0. The van der Waals surface area contributed by atoms with Crippen molar-refractivity contribution in [2.24, 2.45) is 23.2 Å². The molecule has 146 valence electrons. The molecular weight excluding hydrogens is 434 g/mol. The van der Waals surface area contributed by atoms with Gasteiger partial charge in [-0.15, -0.1) is 0 Å². The lowest BCUT2D eigenvalue weighted by molar-refractivity contribution is -0.0848. The molecule has 0 spiro atoms. The van der Waals surface area contributed by atoms with Crippen LogP contribution in [0.2, 0.25) is 20.1 Å². The summed E-state index contributed by atoms with van der Waals surface area (Å²) in [7, 11) is 0. The van der Waals surface area contributed by atoms with Gasteiger partial charge in [0, 0.05) is 5.41 Å². The first kappa shape index (κ1) is 19.6. The first-order valence-corrected chi connectivity index (χ1v) is 10.5. The minimum Gasteiger partial charge on any atom is -0.478 e. The van der Waals surface area contributed by atoms with Gasteiger partial charge in [0.15, 0.2) is 0 Å². The van der Waals surface area contributed by atoms with E-state index in [0.717, 1.165) is 19.3 Å². The van der Waals surface area contributed by atoms with Crippen LogP contribution in [-0.2, 0) is 4.74 Å². The predicted octanol–water partition coefficient (Wildman–Crippen LogP) is 6.37. The summed E-state index contributed by atoms with van der Waals surface area (Å²) in [6.07, 6.45) is 7.04. The number of halogens is 4. The van der Waals surface area contributed by atoms with E-state index < -0.39 is 17.5 Å². The molecule has 4 aliphatic rings. The lowest BCUT2D eigenvalue weighted by atomic mass is 9.50. The molecule has 5 rings (SSSR count). The fraction of sp³-hybridized carbons (Fsp3) is 0.579. The normalized spacial score (nSPS) is 31.2. The highest BCUT2D eigenvalue weighted by Crippen LogP contribution is 2.60. The van der Waals surface area contributed by atoms with Gasteiger partial charge in [-0.25, -0.2) is 9.59 Å². The summed E-state index contributed by atoms with van der Waals surface area (Å²) in [5.41, 5.74) is -0.819. The molecule has 1 N–H and O–H groups in total. The van der Waals surface area contributed by atoms with Crippen LogP contribution in [0.5, 0.6) is 0 Å². The molecule has 27 heavy (non-hydrogen) atoms. The third-order valence-electron chi connectivity index (χ3n) is 6.36. The lowest BCUT2D eigenvalue weighted by Gasteiger charge is -2.56. The minimum atomic E-state index is -1.41. The number of hydrogen-bond acceptors (Lipinski definition) is 3. The van der Waals surface area contributed by atoms with Crippen LogP contribution in [0.25, 0.3) is 0 Å². The molecule has 1 aromatic carbocycles. The van der Waals surface area contributed by atoms with Crippen molar-refractivity contribution in [1.82, 2.24) is 0 Å². The minimum absolute atomic E-state index is 0.000286. The number of rotatable bonds is 4. The monoisotopic (exact) mass is 450 g/mol. The molecule has 0 atom stereocenters. The molecule has 4 saturated carbocycles. The predicted molar refractivity (Wildman–Crippen MR) is 104 cm³/mol. The highest BCUT2D eigenvalue weighted by atomic mass is 35.5. The van der Waals surface area contributed by atoms with Crippen LogP contribution in [0.1, 0.15) is 59.2 Å². The van der Waals surface area contributed by atoms with Gasteiger partial charge in [-0.1, -0.05) is 46.4 Å². The average molecular weight is 452 g/mol. The molecule has 0 aromatic heterocycles. The second kappa shape index (κ2) is 6.98. The van der Waals surface area contributed by atoms with Crippen LogP contribution < -0.4 is 0 Å². The molecule has 4 nitrogen and oxygen atoms in total. The van der Waals surface area contributed by atoms with Crippen LogP contribution in [0, 0.1) is 23.2 Å². The first-order chi connectivity index (χ1) is 12.7. The van der Waals surface area contributed by atoms with E-state index in [1.165, 1.54) is 19.3 Å². The zero-order valence-electron chi connectivity index (χ0n) is 14.4. The summed E-state index contributed by atoms with van der Waals surface area (Å²) < 4.78 is 5.59. The number of carboxylic acids is 1. The van der Waals surface area contributed by atoms with Gasteiger partial charge in [-0.3, -0.25) is 0 Å². The number of esters is 1. The zero-order chi connectivity index (χ0) is 19.5. The molecule has 4 fully saturated rings.